The summed E-state index contributed by atoms with van der Waals surface area (Å²) in [5.74, 6) is 1.33. The second-order valence-electron chi connectivity index (χ2n) is 4.20. The van der Waals surface area contributed by atoms with Gasteiger partial charge in [-0.15, -0.1) is 0 Å². The lowest BCUT2D eigenvalue weighted by Gasteiger charge is -2.14. The van der Waals surface area contributed by atoms with Crippen LogP contribution in [0.15, 0.2) is 30.3 Å². The van der Waals surface area contributed by atoms with Crippen molar-refractivity contribution in [1.82, 2.24) is 0 Å². The molecule has 2 aromatic rings. The first-order valence-electron chi connectivity index (χ1n) is 5.81. The predicted octanol–water partition coefficient (Wildman–Crippen LogP) is 3.16. The molecule has 0 heterocycles. The lowest BCUT2D eigenvalue weighted by Crippen LogP contribution is -1.99. The van der Waals surface area contributed by atoms with Gasteiger partial charge in [0.15, 0.2) is 0 Å². The van der Waals surface area contributed by atoms with Crippen LogP contribution in [0.25, 0.3) is 10.8 Å². The molecule has 0 N–H and O–H groups in total. The molecule has 0 spiro atoms. The van der Waals surface area contributed by atoms with Crippen LogP contribution in [0.2, 0.25) is 0 Å². The van der Waals surface area contributed by atoms with Crippen LogP contribution in [0.5, 0.6) is 11.5 Å². The zero-order valence-corrected chi connectivity index (χ0v) is 10.8. The molecule has 2 aromatic carbocycles. The Hall–Kier alpha value is -2.03. The van der Waals surface area contributed by atoms with Crippen molar-refractivity contribution in [2.24, 2.45) is 0 Å². The Morgan fingerprint density at radius 2 is 1.83 bits per heavy atom. The molecule has 0 saturated carbocycles. The summed E-state index contributed by atoms with van der Waals surface area (Å²) >= 11 is 0. The van der Waals surface area contributed by atoms with E-state index in [1.165, 1.54) is 0 Å². The number of carbonyl (C=O) groups is 1. The second-order valence-corrected chi connectivity index (χ2v) is 4.20. The average Bonchev–Trinajstić information content (AvgIpc) is 2.44. The lowest BCUT2D eigenvalue weighted by molar-refractivity contribution is -0.108. The van der Waals surface area contributed by atoms with Crippen LogP contribution >= 0.6 is 0 Å². The van der Waals surface area contributed by atoms with E-state index in [9.17, 15) is 4.79 Å². The number of hydrogen-bond acceptors (Lipinski definition) is 3. The molecule has 0 aliphatic rings. The predicted molar refractivity (Wildman–Crippen MR) is 71.5 cm³/mol. The minimum atomic E-state index is -0.185. The second kappa shape index (κ2) is 5.08. The van der Waals surface area contributed by atoms with E-state index in [4.69, 9.17) is 9.47 Å². The standard InChI is InChI=1S/C15H16O3/c1-10(9-16)12-7-11-5-4-6-14(17-2)13(11)8-15(12)18-3/h4-10H,1-3H3. The minimum absolute atomic E-state index is 0.185. The summed E-state index contributed by atoms with van der Waals surface area (Å²) < 4.78 is 10.7. The van der Waals surface area contributed by atoms with E-state index in [1.54, 1.807) is 14.2 Å². The molecule has 3 nitrogen and oxygen atoms in total. The molecular weight excluding hydrogens is 228 g/mol. The van der Waals surface area contributed by atoms with Gasteiger partial charge in [0.2, 0.25) is 0 Å². The van der Waals surface area contributed by atoms with Crippen LogP contribution in [-0.4, -0.2) is 20.5 Å². The van der Waals surface area contributed by atoms with Gasteiger partial charge < -0.3 is 14.3 Å². The molecule has 0 fully saturated rings. The Morgan fingerprint density at radius 1 is 1.11 bits per heavy atom. The summed E-state index contributed by atoms with van der Waals surface area (Å²) in [5.41, 5.74) is 0.897. The number of fused-ring (bicyclic) bond motifs is 1. The fourth-order valence-corrected chi connectivity index (χ4v) is 2.08. The minimum Gasteiger partial charge on any atom is -0.496 e. The van der Waals surface area contributed by atoms with Gasteiger partial charge in [-0.1, -0.05) is 19.1 Å². The molecule has 0 amide bonds. The Balaban J connectivity index is 2.72. The van der Waals surface area contributed by atoms with Crippen LogP contribution in [-0.2, 0) is 4.79 Å². The quantitative estimate of drug-likeness (QED) is 0.775. The average molecular weight is 244 g/mol. The van der Waals surface area contributed by atoms with Crippen LogP contribution in [0.1, 0.15) is 18.4 Å². The SMILES string of the molecule is COc1cc2c(OC)cccc2cc1C(C)C=O. The first-order chi connectivity index (χ1) is 8.71. The number of rotatable bonds is 4. The van der Waals surface area contributed by atoms with Gasteiger partial charge in [0.25, 0.3) is 0 Å². The third-order valence-electron chi connectivity index (χ3n) is 3.11. The number of methoxy groups -OCH3 is 2. The van der Waals surface area contributed by atoms with Crippen LogP contribution in [0.3, 0.4) is 0 Å². The Morgan fingerprint density at radius 3 is 2.44 bits per heavy atom. The highest BCUT2D eigenvalue weighted by molar-refractivity contribution is 5.91. The maximum atomic E-state index is 11.0. The van der Waals surface area contributed by atoms with Gasteiger partial charge >= 0.3 is 0 Å². The van der Waals surface area contributed by atoms with Crippen molar-refractivity contribution in [3.05, 3.63) is 35.9 Å². The summed E-state index contributed by atoms with van der Waals surface area (Å²) in [6, 6.07) is 9.74. The summed E-state index contributed by atoms with van der Waals surface area (Å²) in [4.78, 5) is 11.0. The number of aldehydes is 1. The monoisotopic (exact) mass is 244 g/mol. The first kappa shape index (κ1) is 12.4. The van der Waals surface area contributed by atoms with Crippen molar-refractivity contribution in [3.8, 4) is 11.5 Å². The maximum absolute atomic E-state index is 11.0. The van der Waals surface area contributed by atoms with Gasteiger partial charge in [0.05, 0.1) is 14.2 Å². The lowest BCUT2D eigenvalue weighted by atomic mass is 9.97. The molecule has 0 bridgehead atoms. The summed E-state index contributed by atoms with van der Waals surface area (Å²) in [7, 11) is 3.25. The van der Waals surface area contributed by atoms with Gasteiger partial charge in [-0.05, 0) is 23.6 Å². The third-order valence-corrected chi connectivity index (χ3v) is 3.11. The van der Waals surface area contributed by atoms with E-state index in [0.29, 0.717) is 5.75 Å². The summed E-state index contributed by atoms with van der Waals surface area (Å²) in [6.45, 7) is 1.86. The molecule has 0 aliphatic carbocycles. The highest BCUT2D eigenvalue weighted by atomic mass is 16.5. The molecule has 94 valence electrons. The molecular formula is C15H16O3. The smallest absolute Gasteiger partial charge is 0.127 e. The Kier molecular flexibility index (Phi) is 3.51. The van der Waals surface area contributed by atoms with Crippen LogP contribution in [0.4, 0.5) is 0 Å². The van der Waals surface area contributed by atoms with Gasteiger partial charge in [-0.25, -0.2) is 0 Å². The van der Waals surface area contributed by atoms with E-state index in [2.05, 4.69) is 0 Å². The van der Waals surface area contributed by atoms with Gasteiger partial charge in [-0.3, -0.25) is 0 Å². The number of benzene rings is 2. The molecule has 0 saturated heterocycles. The molecule has 0 radical (unpaired) electrons. The molecule has 0 aromatic heterocycles. The molecule has 1 atom stereocenters. The molecule has 0 aliphatic heterocycles. The van der Waals surface area contributed by atoms with E-state index in [-0.39, 0.29) is 5.92 Å². The van der Waals surface area contributed by atoms with Gasteiger partial charge in [0.1, 0.15) is 17.8 Å². The zero-order chi connectivity index (χ0) is 13.1. The van der Waals surface area contributed by atoms with Gasteiger partial charge in [-0.2, -0.15) is 0 Å². The zero-order valence-electron chi connectivity index (χ0n) is 10.8. The third kappa shape index (κ3) is 2.04. The van der Waals surface area contributed by atoms with Crippen molar-refractivity contribution in [2.45, 2.75) is 12.8 Å². The highest BCUT2D eigenvalue weighted by Gasteiger charge is 2.13. The largest absolute Gasteiger partial charge is 0.496 e. The normalized spacial score (nSPS) is 12.2. The van der Waals surface area contributed by atoms with Crippen molar-refractivity contribution >= 4 is 17.1 Å². The van der Waals surface area contributed by atoms with Crippen molar-refractivity contribution in [3.63, 3.8) is 0 Å². The topological polar surface area (TPSA) is 35.5 Å². The summed E-state index contributed by atoms with van der Waals surface area (Å²) in [6.07, 6.45) is 0.920. The number of carbonyl (C=O) groups excluding carboxylic acids is 1. The van der Waals surface area contributed by atoms with E-state index in [0.717, 1.165) is 28.4 Å². The van der Waals surface area contributed by atoms with E-state index >= 15 is 0 Å². The molecule has 3 heteroatoms. The fourth-order valence-electron chi connectivity index (χ4n) is 2.08. The van der Waals surface area contributed by atoms with Crippen molar-refractivity contribution in [1.29, 1.82) is 0 Å². The van der Waals surface area contributed by atoms with Crippen LogP contribution in [0, 0.1) is 0 Å². The fraction of sp³-hybridized carbons (Fsp3) is 0.267. The van der Waals surface area contributed by atoms with Gasteiger partial charge in [0, 0.05) is 16.9 Å². The molecule has 1 unspecified atom stereocenters. The number of hydrogen-bond donors (Lipinski definition) is 0. The first-order valence-corrected chi connectivity index (χ1v) is 5.81. The van der Waals surface area contributed by atoms with E-state index in [1.807, 2.05) is 37.3 Å². The maximum Gasteiger partial charge on any atom is 0.127 e. The summed E-state index contributed by atoms with van der Waals surface area (Å²) in [5, 5.41) is 2.03. The Bertz CT molecular complexity index is 575. The molecule has 18 heavy (non-hydrogen) atoms. The van der Waals surface area contributed by atoms with Crippen LogP contribution < -0.4 is 9.47 Å². The van der Waals surface area contributed by atoms with Crippen molar-refractivity contribution < 1.29 is 14.3 Å². The Labute approximate surface area is 106 Å². The van der Waals surface area contributed by atoms with E-state index < -0.39 is 0 Å². The van der Waals surface area contributed by atoms with Crippen molar-refractivity contribution in [2.75, 3.05) is 14.2 Å². The highest BCUT2D eigenvalue weighted by Crippen LogP contribution is 2.34. The molecule has 2 rings (SSSR count). The number of ether oxygens (including phenoxy) is 2.